The van der Waals surface area contributed by atoms with Crippen LogP contribution in [0.1, 0.15) is 44.2 Å². The second-order valence-corrected chi connectivity index (χ2v) is 7.00. The van der Waals surface area contributed by atoms with Crippen molar-refractivity contribution in [1.29, 1.82) is 0 Å². The summed E-state index contributed by atoms with van der Waals surface area (Å²) in [4.78, 5) is 0. The van der Waals surface area contributed by atoms with Crippen LogP contribution in [-0.4, -0.2) is 0 Å². The Bertz CT molecular complexity index is 791. The Morgan fingerprint density at radius 3 is 2.64 bits per heavy atom. The quantitative estimate of drug-likeness (QED) is 0.628. The highest BCUT2D eigenvalue weighted by atomic mass is 14.4. The monoisotopic (exact) mass is 286 g/mol. The van der Waals surface area contributed by atoms with Crippen LogP contribution in [0.25, 0.3) is 5.57 Å². The van der Waals surface area contributed by atoms with Gasteiger partial charge in [-0.1, -0.05) is 80.1 Å². The zero-order valence-electron chi connectivity index (χ0n) is 13.6. The molecule has 1 aromatic carbocycles. The number of allylic oxidation sites excluding steroid dienone is 10. The normalized spacial score (nSPS) is 22.6. The molecule has 1 atom stereocenters. The molecule has 0 fully saturated rings. The van der Waals surface area contributed by atoms with Gasteiger partial charge in [0.05, 0.1) is 0 Å². The average molecular weight is 286 g/mol. The van der Waals surface area contributed by atoms with E-state index in [0.29, 0.717) is 5.92 Å². The highest BCUT2D eigenvalue weighted by Gasteiger charge is 2.39. The Kier molecular flexibility index (Phi) is 2.91. The van der Waals surface area contributed by atoms with Gasteiger partial charge in [-0.25, -0.2) is 0 Å². The van der Waals surface area contributed by atoms with Crippen LogP contribution >= 0.6 is 0 Å². The molecule has 0 radical (unpaired) electrons. The van der Waals surface area contributed by atoms with Crippen molar-refractivity contribution in [2.45, 2.75) is 33.1 Å². The van der Waals surface area contributed by atoms with Crippen molar-refractivity contribution < 1.29 is 0 Å². The third-order valence-corrected chi connectivity index (χ3v) is 5.35. The third-order valence-electron chi connectivity index (χ3n) is 5.35. The van der Waals surface area contributed by atoms with Crippen LogP contribution < -0.4 is 0 Å². The van der Waals surface area contributed by atoms with Crippen molar-refractivity contribution >= 4 is 5.57 Å². The Morgan fingerprint density at radius 2 is 1.86 bits per heavy atom. The fraction of sp³-hybridized carbons (Fsp3) is 0.273. The van der Waals surface area contributed by atoms with E-state index in [9.17, 15) is 0 Å². The minimum atomic E-state index is 0.0484. The average Bonchev–Trinajstić information content (AvgIpc) is 3.09. The molecule has 0 heteroatoms. The minimum absolute atomic E-state index is 0.0484. The predicted molar refractivity (Wildman–Crippen MR) is 94.6 cm³/mol. The number of fused-ring (bicyclic) bond motifs is 3. The molecule has 4 rings (SSSR count). The first kappa shape index (κ1) is 13.6. The summed E-state index contributed by atoms with van der Waals surface area (Å²) in [6.45, 7) is 7.02. The van der Waals surface area contributed by atoms with Gasteiger partial charge in [0, 0.05) is 11.3 Å². The summed E-state index contributed by atoms with van der Waals surface area (Å²) in [7, 11) is 0. The lowest BCUT2D eigenvalue weighted by Crippen LogP contribution is -2.18. The van der Waals surface area contributed by atoms with Gasteiger partial charge in [0.25, 0.3) is 0 Å². The molecule has 0 spiro atoms. The van der Waals surface area contributed by atoms with Crippen molar-refractivity contribution in [3.05, 3.63) is 88.6 Å². The summed E-state index contributed by atoms with van der Waals surface area (Å²) in [5.41, 5.74) is 8.87. The first-order valence-corrected chi connectivity index (χ1v) is 8.17. The zero-order valence-corrected chi connectivity index (χ0v) is 13.6. The molecule has 0 bridgehead atoms. The highest BCUT2D eigenvalue weighted by molar-refractivity contribution is 5.87. The minimum Gasteiger partial charge on any atom is -0.0775 e. The molecule has 22 heavy (non-hydrogen) atoms. The number of rotatable bonds is 2. The standard InChI is InChI=1S/C22H22/c1-15-9-8-14-20(15)22(2,3)21-18-12-6-4-10-16(18)17-11-5-7-13-19(17)21/h4-7,9-14,16H,8H2,1-3H3. The predicted octanol–water partition coefficient (Wildman–Crippen LogP) is 5.97. The van der Waals surface area contributed by atoms with Gasteiger partial charge in [0.1, 0.15) is 0 Å². The first-order chi connectivity index (χ1) is 10.6. The number of hydrogen-bond donors (Lipinski definition) is 0. The third kappa shape index (κ3) is 1.76. The number of hydrogen-bond acceptors (Lipinski definition) is 0. The van der Waals surface area contributed by atoms with Crippen LogP contribution in [0.2, 0.25) is 0 Å². The molecule has 3 aliphatic carbocycles. The second kappa shape index (κ2) is 4.71. The summed E-state index contributed by atoms with van der Waals surface area (Å²) >= 11 is 0. The van der Waals surface area contributed by atoms with E-state index in [2.05, 4.69) is 81.5 Å². The van der Waals surface area contributed by atoms with E-state index >= 15 is 0 Å². The van der Waals surface area contributed by atoms with Crippen molar-refractivity contribution in [2.75, 3.05) is 0 Å². The van der Waals surface area contributed by atoms with E-state index in [-0.39, 0.29) is 5.41 Å². The molecular formula is C22H22. The van der Waals surface area contributed by atoms with Crippen LogP contribution in [0.4, 0.5) is 0 Å². The number of benzene rings is 1. The largest absolute Gasteiger partial charge is 0.0775 e. The van der Waals surface area contributed by atoms with E-state index in [1.54, 1.807) is 0 Å². The molecule has 0 aliphatic heterocycles. The van der Waals surface area contributed by atoms with Crippen LogP contribution in [0.15, 0.2) is 77.4 Å². The van der Waals surface area contributed by atoms with Crippen molar-refractivity contribution in [1.82, 2.24) is 0 Å². The van der Waals surface area contributed by atoms with Crippen LogP contribution in [-0.2, 0) is 0 Å². The molecule has 1 unspecified atom stereocenters. The van der Waals surface area contributed by atoms with Gasteiger partial charge in [-0.05, 0) is 41.2 Å². The second-order valence-electron chi connectivity index (χ2n) is 7.00. The molecule has 0 aromatic heterocycles. The molecule has 0 amide bonds. The van der Waals surface area contributed by atoms with Gasteiger partial charge in [-0.3, -0.25) is 0 Å². The van der Waals surface area contributed by atoms with Gasteiger partial charge in [-0.15, -0.1) is 0 Å². The lowest BCUT2D eigenvalue weighted by Gasteiger charge is -2.31. The molecule has 110 valence electrons. The van der Waals surface area contributed by atoms with Crippen LogP contribution in [0.3, 0.4) is 0 Å². The molecule has 3 aliphatic rings. The Labute approximate surface area is 133 Å². The Morgan fingerprint density at radius 1 is 1.05 bits per heavy atom. The summed E-state index contributed by atoms with van der Waals surface area (Å²) < 4.78 is 0. The van der Waals surface area contributed by atoms with Gasteiger partial charge in [-0.2, -0.15) is 0 Å². The molecule has 1 aromatic rings. The maximum atomic E-state index is 2.40. The van der Waals surface area contributed by atoms with Crippen LogP contribution in [0, 0.1) is 5.41 Å². The van der Waals surface area contributed by atoms with E-state index in [4.69, 9.17) is 0 Å². The zero-order chi connectivity index (χ0) is 15.3. The molecule has 0 heterocycles. The van der Waals surface area contributed by atoms with E-state index in [0.717, 1.165) is 6.42 Å². The Hall–Kier alpha value is -2.08. The Balaban J connectivity index is 1.95. The van der Waals surface area contributed by atoms with Crippen molar-refractivity contribution in [3.63, 3.8) is 0 Å². The van der Waals surface area contributed by atoms with Gasteiger partial charge in [0.15, 0.2) is 0 Å². The lowest BCUT2D eigenvalue weighted by atomic mass is 9.72. The maximum Gasteiger partial charge on any atom is 0.0281 e. The first-order valence-electron chi connectivity index (χ1n) is 8.17. The lowest BCUT2D eigenvalue weighted by molar-refractivity contribution is 0.609. The summed E-state index contributed by atoms with van der Waals surface area (Å²) in [6, 6.07) is 8.93. The fourth-order valence-corrected chi connectivity index (χ4v) is 4.41. The van der Waals surface area contributed by atoms with Gasteiger partial charge in [0.2, 0.25) is 0 Å². The van der Waals surface area contributed by atoms with Crippen LogP contribution in [0.5, 0.6) is 0 Å². The fourth-order valence-electron chi connectivity index (χ4n) is 4.41. The highest BCUT2D eigenvalue weighted by Crippen LogP contribution is 2.55. The van der Waals surface area contributed by atoms with E-state index < -0.39 is 0 Å². The summed E-state index contributed by atoms with van der Waals surface area (Å²) in [5, 5.41) is 0. The topological polar surface area (TPSA) is 0 Å². The van der Waals surface area contributed by atoms with E-state index in [1.165, 1.54) is 33.4 Å². The molecule has 0 saturated carbocycles. The molecular weight excluding hydrogens is 264 g/mol. The molecule has 0 N–H and O–H groups in total. The van der Waals surface area contributed by atoms with Crippen molar-refractivity contribution in [3.8, 4) is 0 Å². The maximum absolute atomic E-state index is 2.40. The molecule has 0 nitrogen and oxygen atoms in total. The summed E-state index contributed by atoms with van der Waals surface area (Å²) in [5.74, 6) is 0.432. The van der Waals surface area contributed by atoms with Gasteiger partial charge < -0.3 is 0 Å². The summed E-state index contributed by atoms with van der Waals surface area (Å²) in [6.07, 6.45) is 14.8. The van der Waals surface area contributed by atoms with Gasteiger partial charge >= 0.3 is 0 Å². The van der Waals surface area contributed by atoms with E-state index in [1.807, 2.05) is 0 Å². The SMILES string of the molecule is CC1=CCC=C1C(C)(C)C1=C2C=CC=CC2c2ccccc21. The van der Waals surface area contributed by atoms with Crippen molar-refractivity contribution in [2.24, 2.45) is 5.41 Å². The smallest absolute Gasteiger partial charge is 0.0281 e. The molecule has 0 saturated heterocycles.